The third kappa shape index (κ3) is 4.24. The van der Waals surface area contributed by atoms with Crippen molar-refractivity contribution in [2.75, 3.05) is 13.1 Å². The van der Waals surface area contributed by atoms with Crippen molar-refractivity contribution in [3.05, 3.63) is 41.2 Å². The minimum atomic E-state index is -1.04. The molecule has 0 fully saturated rings. The van der Waals surface area contributed by atoms with Gasteiger partial charge < -0.3 is 10.0 Å². The number of aliphatic carboxylic acids is 1. The zero-order valence-corrected chi connectivity index (χ0v) is 12.8. The van der Waals surface area contributed by atoms with Crippen molar-refractivity contribution in [2.24, 2.45) is 0 Å². The molecule has 2 rings (SSSR count). The van der Waals surface area contributed by atoms with Crippen molar-refractivity contribution in [1.29, 1.82) is 0 Å². The van der Waals surface area contributed by atoms with Crippen LogP contribution in [0, 0.1) is 0 Å². The highest BCUT2D eigenvalue weighted by Gasteiger charge is 2.17. The molecule has 2 aromatic heterocycles. The molecule has 0 aliphatic heterocycles. The summed E-state index contributed by atoms with van der Waals surface area (Å²) in [4.78, 5) is 29.6. The van der Waals surface area contributed by atoms with E-state index in [2.05, 4.69) is 11.6 Å². The van der Waals surface area contributed by atoms with Gasteiger partial charge in [-0.05, 0) is 11.4 Å². The van der Waals surface area contributed by atoms with Gasteiger partial charge in [-0.2, -0.15) is 0 Å². The fourth-order valence-corrected chi connectivity index (χ4v) is 3.38. The van der Waals surface area contributed by atoms with Crippen LogP contribution >= 0.6 is 22.7 Å². The van der Waals surface area contributed by atoms with E-state index < -0.39 is 5.97 Å². The number of amides is 1. The van der Waals surface area contributed by atoms with Crippen LogP contribution in [0.4, 0.5) is 0 Å². The number of rotatable bonds is 7. The molecule has 0 radical (unpaired) electrons. The molecule has 2 aromatic rings. The monoisotopic (exact) mass is 322 g/mol. The molecule has 0 spiro atoms. The van der Waals surface area contributed by atoms with E-state index in [0.717, 1.165) is 9.88 Å². The Kier molecular flexibility index (Phi) is 5.24. The molecule has 1 amide bonds. The third-order valence-corrected chi connectivity index (χ3v) is 4.57. The van der Waals surface area contributed by atoms with Crippen molar-refractivity contribution < 1.29 is 14.7 Å². The Morgan fingerprint density at radius 1 is 1.43 bits per heavy atom. The summed E-state index contributed by atoms with van der Waals surface area (Å²) in [6.45, 7) is 3.42. The quantitative estimate of drug-likeness (QED) is 0.795. The highest BCUT2D eigenvalue weighted by atomic mass is 32.1. The summed E-state index contributed by atoms with van der Waals surface area (Å²) in [5, 5.41) is 13.5. The van der Waals surface area contributed by atoms with Crippen LogP contribution in [-0.4, -0.2) is 40.0 Å². The lowest BCUT2D eigenvalue weighted by atomic mass is 10.3. The van der Waals surface area contributed by atoms with Crippen molar-refractivity contribution in [3.63, 3.8) is 0 Å². The van der Waals surface area contributed by atoms with Gasteiger partial charge >= 0.3 is 5.97 Å². The predicted molar refractivity (Wildman–Crippen MR) is 83.5 cm³/mol. The summed E-state index contributed by atoms with van der Waals surface area (Å²) in [5.41, 5.74) is 0.660. The highest BCUT2D eigenvalue weighted by Crippen LogP contribution is 2.27. The second-order valence-corrected chi connectivity index (χ2v) is 6.06. The van der Waals surface area contributed by atoms with Crippen LogP contribution in [0.2, 0.25) is 0 Å². The molecule has 0 saturated carbocycles. The van der Waals surface area contributed by atoms with Gasteiger partial charge in [0, 0.05) is 11.9 Å². The summed E-state index contributed by atoms with van der Waals surface area (Å²) < 4.78 is 0. The van der Waals surface area contributed by atoms with Crippen LogP contribution in [-0.2, 0) is 16.0 Å². The molecular formula is C14H14N2O3S2. The maximum absolute atomic E-state index is 12.1. The summed E-state index contributed by atoms with van der Waals surface area (Å²) in [6, 6.07) is 3.93. The molecule has 0 bridgehead atoms. The van der Waals surface area contributed by atoms with Crippen molar-refractivity contribution in [3.8, 4) is 9.88 Å². The van der Waals surface area contributed by atoms with Crippen molar-refractivity contribution >= 4 is 34.6 Å². The van der Waals surface area contributed by atoms with E-state index >= 15 is 0 Å². The largest absolute Gasteiger partial charge is 0.480 e. The Morgan fingerprint density at radius 3 is 2.86 bits per heavy atom. The van der Waals surface area contributed by atoms with Gasteiger partial charge in [0.05, 0.1) is 17.0 Å². The fraction of sp³-hybridized carbons (Fsp3) is 0.214. The Hall–Kier alpha value is -1.99. The molecule has 0 aliphatic carbocycles. The second-order valence-electron chi connectivity index (χ2n) is 4.25. The number of hydrogen-bond acceptors (Lipinski definition) is 5. The smallest absolute Gasteiger partial charge is 0.323 e. The van der Waals surface area contributed by atoms with Crippen molar-refractivity contribution in [2.45, 2.75) is 6.42 Å². The van der Waals surface area contributed by atoms with E-state index in [-0.39, 0.29) is 25.4 Å². The minimum Gasteiger partial charge on any atom is -0.480 e. The van der Waals surface area contributed by atoms with Gasteiger partial charge in [0.25, 0.3) is 0 Å². The Morgan fingerprint density at radius 2 is 2.24 bits per heavy atom. The van der Waals surface area contributed by atoms with Gasteiger partial charge in [-0.15, -0.1) is 29.3 Å². The van der Waals surface area contributed by atoms with Gasteiger partial charge in [-0.25, -0.2) is 4.98 Å². The fourth-order valence-electron chi connectivity index (χ4n) is 1.74. The topological polar surface area (TPSA) is 70.5 Å². The van der Waals surface area contributed by atoms with E-state index in [1.807, 2.05) is 22.9 Å². The zero-order chi connectivity index (χ0) is 15.2. The van der Waals surface area contributed by atoms with E-state index in [4.69, 9.17) is 5.11 Å². The average Bonchev–Trinajstić information content (AvgIpc) is 3.07. The maximum Gasteiger partial charge on any atom is 0.323 e. The molecule has 5 nitrogen and oxygen atoms in total. The lowest BCUT2D eigenvalue weighted by Gasteiger charge is -2.18. The van der Waals surface area contributed by atoms with Gasteiger partial charge in [0.15, 0.2) is 0 Å². The number of nitrogens with zero attached hydrogens (tertiary/aromatic N) is 2. The molecule has 21 heavy (non-hydrogen) atoms. The van der Waals surface area contributed by atoms with Crippen LogP contribution < -0.4 is 0 Å². The van der Waals surface area contributed by atoms with Crippen LogP contribution in [0.1, 0.15) is 5.69 Å². The first-order valence-corrected chi connectivity index (χ1v) is 7.95. The van der Waals surface area contributed by atoms with E-state index in [1.165, 1.54) is 22.3 Å². The van der Waals surface area contributed by atoms with Crippen LogP contribution in [0.25, 0.3) is 9.88 Å². The van der Waals surface area contributed by atoms with Crippen LogP contribution in [0.3, 0.4) is 0 Å². The summed E-state index contributed by atoms with van der Waals surface area (Å²) in [6.07, 6.45) is 1.61. The maximum atomic E-state index is 12.1. The molecule has 0 aliphatic rings. The number of thiazole rings is 1. The number of carboxylic acids is 1. The van der Waals surface area contributed by atoms with E-state index in [9.17, 15) is 9.59 Å². The third-order valence-electron chi connectivity index (χ3n) is 2.64. The van der Waals surface area contributed by atoms with Gasteiger partial charge in [-0.3, -0.25) is 9.59 Å². The van der Waals surface area contributed by atoms with E-state index in [1.54, 1.807) is 11.3 Å². The van der Waals surface area contributed by atoms with Gasteiger partial charge in [0.1, 0.15) is 11.6 Å². The van der Waals surface area contributed by atoms with Crippen LogP contribution in [0.15, 0.2) is 35.5 Å². The predicted octanol–water partition coefficient (Wildman–Crippen LogP) is 2.51. The summed E-state index contributed by atoms with van der Waals surface area (Å²) >= 11 is 3.07. The summed E-state index contributed by atoms with van der Waals surface area (Å²) in [5.74, 6) is -1.30. The Balaban J connectivity index is 2.04. The van der Waals surface area contributed by atoms with Gasteiger partial charge in [0.2, 0.25) is 5.91 Å². The molecule has 0 unspecified atom stereocenters. The normalized spacial score (nSPS) is 10.3. The number of carbonyl (C=O) groups excluding carboxylic acids is 1. The molecule has 1 N–H and O–H groups in total. The SMILES string of the molecule is C=CCN(CC(=O)O)C(=O)Cc1csc(-c2cccs2)n1. The first kappa shape index (κ1) is 15.4. The van der Waals surface area contributed by atoms with Crippen LogP contribution in [0.5, 0.6) is 0 Å². The lowest BCUT2D eigenvalue weighted by Crippen LogP contribution is -2.36. The molecule has 7 heteroatoms. The molecule has 0 atom stereocenters. The number of carboxylic acid groups (broad SMARTS) is 1. The second kappa shape index (κ2) is 7.14. The molecular weight excluding hydrogens is 308 g/mol. The summed E-state index contributed by atoms with van der Waals surface area (Å²) in [7, 11) is 0. The van der Waals surface area contributed by atoms with Gasteiger partial charge in [-0.1, -0.05) is 12.1 Å². The Bertz CT molecular complexity index is 634. The Labute approximate surface area is 130 Å². The number of carbonyl (C=O) groups is 2. The molecule has 110 valence electrons. The number of aromatic nitrogens is 1. The first-order valence-electron chi connectivity index (χ1n) is 6.19. The lowest BCUT2D eigenvalue weighted by molar-refractivity contribution is -0.143. The molecule has 0 aromatic carbocycles. The molecule has 0 saturated heterocycles. The average molecular weight is 322 g/mol. The van der Waals surface area contributed by atoms with Crippen molar-refractivity contribution in [1.82, 2.24) is 9.88 Å². The molecule has 2 heterocycles. The van der Waals surface area contributed by atoms with E-state index in [0.29, 0.717) is 5.69 Å². The number of hydrogen-bond donors (Lipinski definition) is 1. The standard InChI is InChI=1S/C14H14N2O3S2/c1-2-5-16(8-13(18)19)12(17)7-10-9-21-14(15-10)11-4-3-6-20-11/h2-4,6,9H,1,5,7-8H2,(H,18,19). The minimum absolute atomic E-state index is 0.100. The number of thiophene rings is 1. The first-order chi connectivity index (χ1) is 10.1. The zero-order valence-electron chi connectivity index (χ0n) is 11.2. The highest BCUT2D eigenvalue weighted by molar-refractivity contribution is 7.20.